The monoisotopic (exact) mass is 457 g/mol. The van der Waals surface area contributed by atoms with Crippen molar-refractivity contribution in [2.24, 2.45) is 0 Å². The van der Waals surface area contributed by atoms with Crippen LogP contribution in [-0.4, -0.2) is 16.8 Å². The maximum Gasteiger partial charge on any atom is 0.300 e. The van der Waals surface area contributed by atoms with Gasteiger partial charge in [-0.3, -0.25) is 14.5 Å². The van der Waals surface area contributed by atoms with E-state index in [1.165, 1.54) is 11.0 Å². The Morgan fingerprint density at radius 3 is 2.20 bits per heavy atom. The number of aliphatic hydroxyl groups excluding tert-OH is 1. The van der Waals surface area contributed by atoms with Crippen LogP contribution in [0.2, 0.25) is 15.1 Å². The van der Waals surface area contributed by atoms with Crippen molar-refractivity contribution in [3.63, 3.8) is 0 Å². The van der Waals surface area contributed by atoms with Gasteiger partial charge in [-0.1, -0.05) is 77.3 Å². The molecule has 4 nitrogen and oxygen atoms in total. The Labute approximate surface area is 187 Å². The van der Waals surface area contributed by atoms with E-state index in [4.69, 9.17) is 34.8 Å². The molecule has 3 aromatic rings. The normalized spacial score (nSPS) is 18.1. The van der Waals surface area contributed by atoms with E-state index in [9.17, 15) is 14.7 Å². The molecule has 1 N–H and O–H groups in total. The third kappa shape index (κ3) is 3.58. The Bertz CT molecular complexity index is 1190. The fourth-order valence-electron chi connectivity index (χ4n) is 3.49. The first-order valence-electron chi connectivity index (χ1n) is 8.95. The molecular formula is C23H14Cl3NO3. The maximum atomic E-state index is 13.0. The first-order chi connectivity index (χ1) is 14.4. The van der Waals surface area contributed by atoms with Gasteiger partial charge in [0.25, 0.3) is 11.7 Å². The van der Waals surface area contributed by atoms with Crippen LogP contribution < -0.4 is 4.90 Å². The third-order valence-corrected chi connectivity index (χ3v) is 5.63. The van der Waals surface area contributed by atoms with Gasteiger partial charge >= 0.3 is 0 Å². The number of benzene rings is 3. The molecule has 1 saturated heterocycles. The number of nitrogens with zero attached hydrogens (tertiary/aromatic N) is 1. The Morgan fingerprint density at radius 1 is 0.833 bits per heavy atom. The summed E-state index contributed by atoms with van der Waals surface area (Å²) in [6.07, 6.45) is 0. The van der Waals surface area contributed by atoms with Gasteiger partial charge < -0.3 is 5.11 Å². The molecule has 0 aromatic heterocycles. The number of hydrogen-bond acceptors (Lipinski definition) is 3. The molecule has 1 fully saturated rings. The quantitative estimate of drug-likeness (QED) is 0.286. The minimum absolute atomic E-state index is 0.0598. The number of halogens is 3. The highest BCUT2D eigenvalue weighted by molar-refractivity contribution is 6.52. The minimum Gasteiger partial charge on any atom is -0.507 e. The summed E-state index contributed by atoms with van der Waals surface area (Å²) in [6, 6.07) is 19.0. The van der Waals surface area contributed by atoms with Crippen molar-refractivity contribution >= 4 is 57.9 Å². The summed E-state index contributed by atoms with van der Waals surface area (Å²) in [7, 11) is 0. The molecule has 0 radical (unpaired) electrons. The highest BCUT2D eigenvalue weighted by Crippen LogP contribution is 2.44. The lowest BCUT2D eigenvalue weighted by Crippen LogP contribution is -2.29. The maximum absolute atomic E-state index is 13.0. The predicted octanol–water partition coefficient (Wildman–Crippen LogP) is 6.27. The van der Waals surface area contributed by atoms with Crippen molar-refractivity contribution < 1.29 is 14.7 Å². The van der Waals surface area contributed by atoms with Gasteiger partial charge in [0.2, 0.25) is 0 Å². The predicted molar refractivity (Wildman–Crippen MR) is 119 cm³/mol. The van der Waals surface area contributed by atoms with Gasteiger partial charge in [-0.2, -0.15) is 0 Å². The molecule has 7 heteroatoms. The zero-order chi connectivity index (χ0) is 21.4. The molecule has 0 aliphatic carbocycles. The highest BCUT2D eigenvalue weighted by atomic mass is 35.5. The number of anilines is 1. The topological polar surface area (TPSA) is 57.6 Å². The zero-order valence-corrected chi connectivity index (χ0v) is 17.6. The average Bonchev–Trinajstić information content (AvgIpc) is 2.99. The Balaban J connectivity index is 1.99. The molecule has 0 spiro atoms. The number of rotatable bonds is 3. The van der Waals surface area contributed by atoms with Crippen molar-refractivity contribution in [1.82, 2.24) is 0 Å². The summed E-state index contributed by atoms with van der Waals surface area (Å²) in [5.74, 6) is -1.88. The molecule has 3 aromatic carbocycles. The fourth-order valence-corrected chi connectivity index (χ4v) is 4.19. The van der Waals surface area contributed by atoms with Crippen molar-refractivity contribution in [1.29, 1.82) is 0 Å². The highest BCUT2D eigenvalue weighted by Gasteiger charge is 2.47. The largest absolute Gasteiger partial charge is 0.507 e. The number of aliphatic hydroxyl groups is 1. The van der Waals surface area contributed by atoms with E-state index in [0.717, 1.165) is 0 Å². The van der Waals surface area contributed by atoms with Gasteiger partial charge in [-0.25, -0.2) is 0 Å². The van der Waals surface area contributed by atoms with Crippen LogP contribution in [0.1, 0.15) is 17.2 Å². The summed E-state index contributed by atoms with van der Waals surface area (Å²) in [4.78, 5) is 27.4. The van der Waals surface area contributed by atoms with Gasteiger partial charge in [0.05, 0.1) is 11.6 Å². The number of hydrogen-bond donors (Lipinski definition) is 1. The average molecular weight is 459 g/mol. The standard InChI is InChI=1S/C23H14Cl3NO3/c24-14-7-4-8-16(11-14)27-20(17-10-9-15(25)12-18(17)26)19(22(29)23(27)30)21(28)13-5-2-1-3-6-13/h1-12,20,28H/b21-19+/t20-/m0/s1. The van der Waals surface area contributed by atoms with E-state index < -0.39 is 17.7 Å². The molecule has 30 heavy (non-hydrogen) atoms. The number of ketones is 1. The smallest absolute Gasteiger partial charge is 0.300 e. The van der Waals surface area contributed by atoms with E-state index >= 15 is 0 Å². The summed E-state index contributed by atoms with van der Waals surface area (Å²) in [5, 5.41) is 12.1. The number of carbonyl (C=O) groups is 2. The molecule has 0 unspecified atom stereocenters. The lowest BCUT2D eigenvalue weighted by Gasteiger charge is -2.26. The summed E-state index contributed by atoms with van der Waals surface area (Å²) < 4.78 is 0. The number of Topliss-reactive ketones (excluding diaryl/α,β-unsaturated/α-hetero) is 1. The first kappa shape index (κ1) is 20.5. The molecule has 4 rings (SSSR count). The SMILES string of the molecule is O=C1C(=O)N(c2cccc(Cl)c2)[C@@H](c2ccc(Cl)cc2Cl)/C1=C(\O)c1ccccc1. The molecular weight excluding hydrogens is 445 g/mol. The Hall–Kier alpha value is -2.79. The van der Waals surface area contributed by atoms with E-state index in [1.807, 2.05) is 0 Å². The van der Waals surface area contributed by atoms with Crippen LogP contribution in [0.3, 0.4) is 0 Å². The number of amides is 1. The second-order valence-electron chi connectivity index (χ2n) is 6.68. The number of carbonyl (C=O) groups excluding carboxylic acids is 2. The van der Waals surface area contributed by atoms with Crippen LogP contribution >= 0.6 is 34.8 Å². The van der Waals surface area contributed by atoms with E-state index in [0.29, 0.717) is 26.9 Å². The molecule has 1 aliphatic rings. The van der Waals surface area contributed by atoms with Crippen molar-refractivity contribution in [3.05, 3.63) is 105 Å². The van der Waals surface area contributed by atoms with Crippen LogP contribution in [-0.2, 0) is 9.59 Å². The molecule has 0 saturated carbocycles. The van der Waals surface area contributed by atoms with Gasteiger partial charge in [-0.15, -0.1) is 0 Å². The second kappa shape index (κ2) is 8.15. The Morgan fingerprint density at radius 2 is 1.53 bits per heavy atom. The molecule has 1 heterocycles. The van der Waals surface area contributed by atoms with Crippen LogP contribution in [0, 0.1) is 0 Å². The lowest BCUT2D eigenvalue weighted by atomic mass is 9.95. The van der Waals surface area contributed by atoms with Gasteiger partial charge in [-0.05, 0) is 35.9 Å². The Kier molecular flexibility index (Phi) is 5.56. The lowest BCUT2D eigenvalue weighted by molar-refractivity contribution is -0.132. The summed E-state index contributed by atoms with van der Waals surface area (Å²) in [5.41, 5.74) is 1.22. The van der Waals surface area contributed by atoms with Crippen LogP contribution in [0.25, 0.3) is 5.76 Å². The third-order valence-electron chi connectivity index (χ3n) is 4.84. The van der Waals surface area contributed by atoms with Gasteiger partial charge in [0, 0.05) is 26.3 Å². The van der Waals surface area contributed by atoms with Gasteiger partial charge in [0.15, 0.2) is 0 Å². The van der Waals surface area contributed by atoms with Gasteiger partial charge in [0.1, 0.15) is 5.76 Å². The minimum atomic E-state index is -0.951. The zero-order valence-electron chi connectivity index (χ0n) is 15.4. The fraction of sp³-hybridized carbons (Fsp3) is 0.0435. The first-order valence-corrected chi connectivity index (χ1v) is 10.1. The molecule has 1 atom stereocenters. The molecule has 1 aliphatic heterocycles. The van der Waals surface area contributed by atoms with Crippen molar-refractivity contribution in [3.8, 4) is 0 Å². The molecule has 150 valence electrons. The summed E-state index contributed by atoms with van der Waals surface area (Å²) >= 11 is 18.6. The van der Waals surface area contributed by atoms with Crippen LogP contribution in [0.4, 0.5) is 5.69 Å². The summed E-state index contributed by atoms with van der Waals surface area (Å²) in [6.45, 7) is 0. The van der Waals surface area contributed by atoms with E-state index in [2.05, 4.69) is 0 Å². The van der Waals surface area contributed by atoms with E-state index in [1.54, 1.807) is 66.7 Å². The van der Waals surface area contributed by atoms with Crippen molar-refractivity contribution in [2.75, 3.05) is 4.90 Å². The van der Waals surface area contributed by atoms with Crippen LogP contribution in [0.15, 0.2) is 78.4 Å². The van der Waals surface area contributed by atoms with Crippen molar-refractivity contribution in [2.45, 2.75) is 6.04 Å². The molecule has 1 amide bonds. The van der Waals surface area contributed by atoms with E-state index in [-0.39, 0.29) is 16.4 Å². The molecule has 0 bridgehead atoms. The second-order valence-corrected chi connectivity index (χ2v) is 7.96. The van der Waals surface area contributed by atoms with Crippen LogP contribution in [0.5, 0.6) is 0 Å².